The summed E-state index contributed by atoms with van der Waals surface area (Å²) in [5.74, 6) is 0.457. The minimum absolute atomic E-state index is 0.0172. The van der Waals surface area contributed by atoms with Crippen molar-refractivity contribution in [3.8, 4) is 0 Å². The Hall–Kier alpha value is -1.98. The van der Waals surface area contributed by atoms with Crippen molar-refractivity contribution in [2.75, 3.05) is 20.1 Å². The van der Waals surface area contributed by atoms with E-state index in [1.54, 1.807) is 19.3 Å². The highest BCUT2D eigenvalue weighted by Gasteiger charge is 2.29. The second-order valence-electron chi connectivity index (χ2n) is 7.38. The van der Waals surface area contributed by atoms with Gasteiger partial charge in [0, 0.05) is 45.5 Å². The molecule has 0 bridgehead atoms. The zero-order valence-electron chi connectivity index (χ0n) is 15.3. The number of hydrogen-bond acceptors (Lipinski definition) is 4. The van der Waals surface area contributed by atoms with Crippen LogP contribution in [0.1, 0.15) is 61.6 Å². The Kier molecular flexibility index (Phi) is 5.66. The normalized spacial score (nSPS) is 21.4. The molecule has 2 aliphatic rings. The third-order valence-electron chi connectivity index (χ3n) is 5.63. The van der Waals surface area contributed by atoms with Gasteiger partial charge in [-0.25, -0.2) is 4.98 Å². The Balaban J connectivity index is 1.70. The second-order valence-corrected chi connectivity index (χ2v) is 7.38. The molecule has 25 heavy (non-hydrogen) atoms. The summed E-state index contributed by atoms with van der Waals surface area (Å²) in [6, 6.07) is 0.316. The number of likely N-dealkylation sites (tertiary alicyclic amines) is 1. The molecule has 1 aromatic heterocycles. The van der Waals surface area contributed by atoms with E-state index in [9.17, 15) is 9.59 Å². The lowest BCUT2D eigenvalue weighted by Gasteiger charge is -2.31. The first-order valence-corrected chi connectivity index (χ1v) is 9.39. The van der Waals surface area contributed by atoms with Gasteiger partial charge < -0.3 is 9.80 Å². The molecule has 0 radical (unpaired) electrons. The molecule has 1 aliphatic carbocycles. The number of hydrogen-bond donors (Lipinski definition) is 0. The van der Waals surface area contributed by atoms with Crippen LogP contribution in [0.5, 0.6) is 0 Å². The number of carbonyl (C=O) groups excluding carboxylic acids is 2. The fraction of sp³-hybridized carbons (Fsp3) is 0.684. The molecule has 2 amide bonds. The first kappa shape index (κ1) is 17.8. The van der Waals surface area contributed by atoms with Gasteiger partial charge in [0.1, 0.15) is 5.69 Å². The highest BCUT2D eigenvalue weighted by molar-refractivity contribution is 5.93. The average Bonchev–Trinajstić information content (AvgIpc) is 3.10. The molecule has 1 aromatic rings. The maximum absolute atomic E-state index is 13.0. The quantitative estimate of drug-likeness (QED) is 0.840. The maximum atomic E-state index is 13.0. The van der Waals surface area contributed by atoms with Gasteiger partial charge in [-0.05, 0) is 31.6 Å². The molecule has 3 rings (SSSR count). The molecule has 1 saturated heterocycles. The van der Waals surface area contributed by atoms with Crippen LogP contribution in [-0.2, 0) is 11.2 Å². The van der Waals surface area contributed by atoms with Gasteiger partial charge in [0.05, 0.1) is 5.69 Å². The minimum atomic E-state index is -0.0172. The first-order valence-electron chi connectivity index (χ1n) is 9.39. The molecule has 6 heteroatoms. The number of aromatic nitrogens is 2. The lowest BCUT2D eigenvalue weighted by Crippen LogP contribution is -2.39. The van der Waals surface area contributed by atoms with E-state index in [0.717, 1.165) is 38.0 Å². The SMILES string of the molecule is CC(=O)N1CCC(Cc2nccnc2C(=O)N(C)C2CCCCC2)C1. The van der Waals surface area contributed by atoms with Crippen molar-refractivity contribution in [2.24, 2.45) is 5.92 Å². The fourth-order valence-electron chi connectivity index (χ4n) is 4.05. The topological polar surface area (TPSA) is 66.4 Å². The van der Waals surface area contributed by atoms with Gasteiger partial charge in [-0.2, -0.15) is 0 Å². The number of amides is 2. The summed E-state index contributed by atoms with van der Waals surface area (Å²) in [6.07, 6.45) is 10.7. The van der Waals surface area contributed by atoms with Gasteiger partial charge in [0.25, 0.3) is 5.91 Å². The summed E-state index contributed by atoms with van der Waals surface area (Å²) in [5, 5.41) is 0. The third kappa shape index (κ3) is 4.17. The van der Waals surface area contributed by atoms with Crippen molar-refractivity contribution in [1.29, 1.82) is 0 Å². The van der Waals surface area contributed by atoms with Crippen molar-refractivity contribution in [1.82, 2.24) is 19.8 Å². The predicted octanol–water partition coefficient (Wildman–Crippen LogP) is 2.29. The highest BCUT2D eigenvalue weighted by atomic mass is 16.2. The lowest BCUT2D eigenvalue weighted by atomic mass is 9.94. The number of carbonyl (C=O) groups is 2. The van der Waals surface area contributed by atoms with E-state index < -0.39 is 0 Å². The van der Waals surface area contributed by atoms with Crippen LogP contribution >= 0.6 is 0 Å². The summed E-state index contributed by atoms with van der Waals surface area (Å²) in [4.78, 5) is 37.0. The zero-order chi connectivity index (χ0) is 17.8. The molecule has 0 N–H and O–H groups in total. The van der Waals surface area contributed by atoms with Crippen molar-refractivity contribution >= 4 is 11.8 Å². The number of nitrogens with zero attached hydrogens (tertiary/aromatic N) is 4. The van der Waals surface area contributed by atoms with Crippen molar-refractivity contribution in [3.05, 3.63) is 23.8 Å². The maximum Gasteiger partial charge on any atom is 0.274 e. The van der Waals surface area contributed by atoms with E-state index in [4.69, 9.17) is 0 Å². The molecule has 136 valence electrons. The Morgan fingerprint density at radius 2 is 1.88 bits per heavy atom. The first-order chi connectivity index (χ1) is 12.1. The summed E-state index contributed by atoms with van der Waals surface area (Å²) in [5.41, 5.74) is 1.25. The molecule has 2 heterocycles. The molecule has 6 nitrogen and oxygen atoms in total. The Morgan fingerprint density at radius 1 is 1.16 bits per heavy atom. The Labute approximate surface area is 149 Å². The second kappa shape index (κ2) is 7.93. The van der Waals surface area contributed by atoms with Crippen LogP contribution in [0.3, 0.4) is 0 Å². The van der Waals surface area contributed by atoms with Crippen LogP contribution in [0.2, 0.25) is 0 Å². The zero-order valence-corrected chi connectivity index (χ0v) is 15.3. The fourth-order valence-corrected chi connectivity index (χ4v) is 4.05. The van der Waals surface area contributed by atoms with E-state index >= 15 is 0 Å². The van der Waals surface area contributed by atoms with Crippen LogP contribution in [0, 0.1) is 5.92 Å². The third-order valence-corrected chi connectivity index (χ3v) is 5.63. The average molecular weight is 344 g/mol. The van der Waals surface area contributed by atoms with Crippen LogP contribution < -0.4 is 0 Å². The molecule has 2 fully saturated rings. The van der Waals surface area contributed by atoms with Gasteiger partial charge in [-0.3, -0.25) is 14.6 Å². The van der Waals surface area contributed by atoms with Gasteiger partial charge >= 0.3 is 0 Å². The Bertz CT molecular complexity index is 628. The minimum Gasteiger partial charge on any atom is -0.343 e. The highest BCUT2D eigenvalue weighted by Crippen LogP contribution is 2.25. The lowest BCUT2D eigenvalue weighted by molar-refractivity contribution is -0.127. The van der Waals surface area contributed by atoms with E-state index in [2.05, 4.69) is 9.97 Å². The summed E-state index contributed by atoms with van der Waals surface area (Å²) in [7, 11) is 1.89. The summed E-state index contributed by atoms with van der Waals surface area (Å²) in [6.45, 7) is 3.16. The van der Waals surface area contributed by atoms with E-state index in [1.807, 2.05) is 16.8 Å². The summed E-state index contributed by atoms with van der Waals surface area (Å²) < 4.78 is 0. The van der Waals surface area contributed by atoms with E-state index in [-0.39, 0.29) is 11.8 Å². The Morgan fingerprint density at radius 3 is 2.56 bits per heavy atom. The van der Waals surface area contributed by atoms with E-state index in [0.29, 0.717) is 24.1 Å². The molecule has 0 spiro atoms. The molecular weight excluding hydrogens is 316 g/mol. The molecule has 1 unspecified atom stereocenters. The molecule has 1 atom stereocenters. The van der Waals surface area contributed by atoms with Crippen LogP contribution in [0.15, 0.2) is 12.4 Å². The van der Waals surface area contributed by atoms with Gasteiger partial charge in [-0.15, -0.1) is 0 Å². The van der Waals surface area contributed by atoms with Crippen molar-refractivity contribution in [2.45, 2.75) is 57.9 Å². The molecule has 1 aliphatic heterocycles. The van der Waals surface area contributed by atoms with Crippen molar-refractivity contribution < 1.29 is 9.59 Å². The summed E-state index contributed by atoms with van der Waals surface area (Å²) >= 11 is 0. The number of rotatable bonds is 4. The monoisotopic (exact) mass is 344 g/mol. The van der Waals surface area contributed by atoms with Crippen LogP contribution in [0.4, 0.5) is 0 Å². The molecular formula is C19H28N4O2. The van der Waals surface area contributed by atoms with Crippen LogP contribution in [0.25, 0.3) is 0 Å². The molecule has 0 aromatic carbocycles. The smallest absolute Gasteiger partial charge is 0.274 e. The van der Waals surface area contributed by atoms with Gasteiger partial charge in [0.2, 0.25) is 5.91 Å². The van der Waals surface area contributed by atoms with Gasteiger partial charge in [-0.1, -0.05) is 19.3 Å². The van der Waals surface area contributed by atoms with Crippen LogP contribution in [-0.4, -0.2) is 57.8 Å². The molecule has 1 saturated carbocycles. The van der Waals surface area contributed by atoms with Gasteiger partial charge in [0.15, 0.2) is 0 Å². The standard InChI is InChI=1S/C19H28N4O2/c1-14(24)23-11-8-15(13-23)12-17-18(21-10-9-20-17)19(25)22(2)16-6-4-3-5-7-16/h9-10,15-16H,3-8,11-13H2,1-2H3. The predicted molar refractivity (Wildman–Crippen MR) is 95.1 cm³/mol. The largest absolute Gasteiger partial charge is 0.343 e. The van der Waals surface area contributed by atoms with E-state index in [1.165, 1.54) is 19.3 Å². The van der Waals surface area contributed by atoms with Crippen molar-refractivity contribution in [3.63, 3.8) is 0 Å².